The number of aromatic nitrogens is 2. The molecule has 4 nitrogen and oxygen atoms in total. The molecule has 0 aliphatic carbocycles. The van der Waals surface area contributed by atoms with Gasteiger partial charge >= 0.3 is 0 Å². The molecule has 1 aromatic rings. The number of rotatable bonds is 5. The molecular formula is C12H22N4. The lowest BCUT2D eigenvalue weighted by Crippen LogP contribution is -2.21. The average Bonchev–Trinajstić information content (AvgIpc) is 2.16. The van der Waals surface area contributed by atoms with Crippen molar-refractivity contribution in [2.24, 2.45) is 0 Å². The molecular weight excluding hydrogens is 200 g/mol. The minimum atomic E-state index is 0.441. The van der Waals surface area contributed by atoms with Crippen molar-refractivity contribution >= 4 is 5.95 Å². The highest BCUT2D eigenvalue weighted by Crippen LogP contribution is 2.14. The van der Waals surface area contributed by atoms with Crippen molar-refractivity contribution in [3.05, 3.63) is 17.5 Å². The second-order valence-corrected chi connectivity index (χ2v) is 4.64. The summed E-state index contributed by atoms with van der Waals surface area (Å²) in [5.41, 5.74) is 2.12. The molecule has 1 N–H and O–H groups in total. The third kappa shape index (κ3) is 4.14. The van der Waals surface area contributed by atoms with E-state index in [9.17, 15) is 0 Å². The maximum absolute atomic E-state index is 4.49. The first-order chi connectivity index (χ1) is 7.49. The van der Waals surface area contributed by atoms with Crippen LogP contribution >= 0.6 is 0 Å². The Kier molecular flexibility index (Phi) is 4.68. The highest BCUT2D eigenvalue weighted by Gasteiger charge is 2.05. The molecule has 0 amide bonds. The number of likely N-dealkylation sites (N-methyl/N-ethyl adjacent to an activating group) is 1. The number of hydrogen-bond acceptors (Lipinski definition) is 4. The summed E-state index contributed by atoms with van der Waals surface area (Å²) in [5.74, 6) is 1.18. The number of aryl methyl sites for hydroxylation is 1. The average molecular weight is 222 g/mol. The highest BCUT2D eigenvalue weighted by molar-refractivity contribution is 5.29. The van der Waals surface area contributed by atoms with Gasteiger partial charge in [-0.05, 0) is 33.0 Å². The molecule has 0 spiro atoms. The quantitative estimate of drug-likeness (QED) is 0.826. The standard InChI is InChI=1S/C12H22N4/c1-9(2)11-8-10(3)14-12(15-11)13-6-7-16(4)5/h8-9H,6-7H2,1-5H3,(H,13,14,15). The van der Waals surface area contributed by atoms with E-state index >= 15 is 0 Å². The van der Waals surface area contributed by atoms with Crippen LogP contribution in [-0.4, -0.2) is 42.1 Å². The van der Waals surface area contributed by atoms with Gasteiger partial charge in [0.15, 0.2) is 0 Å². The zero-order chi connectivity index (χ0) is 12.1. The zero-order valence-electron chi connectivity index (χ0n) is 10.9. The first-order valence-corrected chi connectivity index (χ1v) is 5.73. The third-order valence-electron chi connectivity index (χ3n) is 2.31. The van der Waals surface area contributed by atoms with Gasteiger partial charge in [-0.2, -0.15) is 0 Å². The Hall–Kier alpha value is -1.16. The third-order valence-corrected chi connectivity index (χ3v) is 2.31. The second-order valence-electron chi connectivity index (χ2n) is 4.64. The molecule has 0 radical (unpaired) electrons. The predicted octanol–water partition coefficient (Wildman–Crippen LogP) is 1.88. The van der Waals surface area contributed by atoms with Crippen LogP contribution in [0.25, 0.3) is 0 Å². The van der Waals surface area contributed by atoms with E-state index in [1.165, 1.54) is 0 Å². The van der Waals surface area contributed by atoms with Gasteiger partial charge in [0, 0.05) is 24.5 Å². The molecule has 0 saturated carbocycles. The van der Waals surface area contributed by atoms with E-state index in [0.29, 0.717) is 5.92 Å². The summed E-state index contributed by atoms with van der Waals surface area (Å²) in [7, 11) is 4.11. The smallest absolute Gasteiger partial charge is 0.223 e. The van der Waals surface area contributed by atoms with Crippen molar-refractivity contribution < 1.29 is 0 Å². The second kappa shape index (κ2) is 5.80. The van der Waals surface area contributed by atoms with Gasteiger partial charge in [-0.25, -0.2) is 9.97 Å². The van der Waals surface area contributed by atoms with Crippen molar-refractivity contribution in [2.45, 2.75) is 26.7 Å². The normalized spacial score (nSPS) is 11.2. The highest BCUT2D eigenvalue weighted by atomic mass is 15.1. The molecule has 0 atom stereocenters. The van der Waals surface area contributed by atoms with Crippen molar-refractivity contribution in [1.29, 1.82) is 0 Å². The van der Waals surface area contributed by atoms with E-state index in [1.807, 2.05) is 13.0 Å². The van der Waals surface area contributed by atoms with E-state index in [2.05, 4.69) is 48.1 Å². The summed E-state index contributed by atoms with van der Waals surface area (Å²) < 4.78 is 0. The molecule has 0 unspecified atom stereocenters. The van der Waals surface area contributed by atoms with Gasteiger partial charge in [-0.1, -0.05) is 13.8 Å². The fourth-order valence-corrected chi connectivity index (χ4v) is 1.36. The molecule has 1 aromatic heterocycles. The van der Waals surface area contributed by atoms with Crippen LogP contribution in [0.15, 0.2) is 6.07 Å². The summed E-state index contributed by atoms with van der Waals surface area (Å²) in [6.45, 7) is 8.14. The Bertz CT molecular complexity index is 334. The van der Waals surface area contributed by atoms with Crippen LogP contribution in [-0.2, 0) is 0 Å². The maximum atomic E-state index is 4.49. The Morgan fingerprint density at radius 1 is 1.31 bits per heavy atom. The minimum absolute atomic E-state index is 0.441. The van der Waals surface area contributed by atoms with Crippen LogP contribution in [0.4, 0.5) is 5.95 Å². The first kappa shape index (κ1) is 12.9. The first-order valence-electron chi connectivity index (χ1n) is 5.73. The number of hydrogen-bond donors (Lipinski definition) is 1. The largest absolute Gasteiger partial charge is 0.353 e. The number of nitrogens with one attached hydrogen (secondary N) is 1. The summed E-state index contributed by atoms with van der Waals surface area (Å²) in [6.07, 6.45) is 0. The predicted molar refractivity (Wildman–Crippen MR) is 67.9 cm³/mol. The maximum Gasteiger partial charge on any atom is 0.223 e. The van der Waals surface area contributed by atoms with Crippen molar-refractivity contribution in [2.75, 3.05) is 32.5 Å². The van der Waals surface area contributed by atoms with E-state index < -0.39 is 0 Å². The Morgan fingerprint density at radius 2 is 2.00 bits per heavy atom. The number of nitrogens with zero attached hydrogens (tertiary/aromatic N) is 3. The van der Waals surface area contributed by atoms with Gasteiger partial charge in [0.05, 0.1) is 0 Å². The van der Waals surface area contributed by atoms with Crippen molar-refractivity contribution in [1.82, 2.24) is 14.9 Å². The molecule has 90 valence electrons. The lowest BCUT2D eigenvalue weighted by molar-refractivity contribution is 0.425. The van der Waals surface area contributed by atoms with Crippen LogP contribution < -0.4 is 5.32 Å². The Labute approximate surface area is 98.1 Å². The molecule has 0 fully saturated rings. The van der Waals surface area contributed by atoms with Crippen molar-refractivity contribution in [3.63, 3.8) is 0 Å². The van der Waals surface area contributed by atoms with Gasteiger partial charge in [0.1, 0.15) is 0 Å². The monoisotopic (exact) mass is 222 g/mol. The van der Waals surface area contributed by atoms with Crippen LogP contribution in [0.3, 0.4) is 0 Å². The fourth-order valence-electron chi connectivity index (χ4n) is 1.36. The van der Waals surface area contributed by atoms with E-state index in [-0.39, 0.29) is 0 Å². The molecule has 0 aromatic carbocycles. The Morgan fingerprint density at radius 3 is 2.56 bits per heavy atom. The van der Waals surface area contributed by atoms with Crippen LogP contribution in [0.1, 0.15) is 31.2 Å². The van der Waals surface area contributed by atoms with Gasteiger partial charge in [0.2, 0.25) is 5.95 Å². The van der Waals surface area contributed by atoms with Gasteiger partial charge in [-0.3, -0.25) is 0 Å². The molecule has 0 aliphatic rings. The SMILES string of the molecule is Cc1cc(C(C)C)nc(NCCN(C)C)n1. The lowest BCUT2D eigenvalue weighted by atomic mass is 10.1. The molecule has 0 aliphatic heterocycles. The van der Waals surface area contributed by atoms with E-state index in [0.717, 1.165) is 30.4 Å². The lowest BCUT2D eigenvalue weighted by Gasteiger charge is -2.12. The van der Waals surface area contributed by atoms with Crippen LogP contribution in [0, 0.1) is 6.92 Å². The molecule has 4 heteroatoms. The minimum Gasteiger partial charge on any atom is -0.353 e. The molecule has 1 rings (SSSR count). The summed E-state index contributed by atoms with van der Waals surface area (Å²) in [6, 6.07) is 2.04. The molecule has 0 bridgehead atoms. The van der Waals surface area contributed by atoms with E-state index in [1.54, 1.807) is 0 Å². The zero-order valence-corrected chi connectivity index (χ0v) is 10.9. The molecule has 0 saturated heterocycles. The summed E-state index contributed by atoms with van der Waals surface area (Å²) >= 11 is 0. The number of anilines is 1. The summed E-state index contributed by atoms with van der Waals surface area (Å²) in [5, 5.41) is 3.25. The molecule has 16 heavy (non-hydrogen) atoms. The fraction of sp³-hybridized carbons (Fsp3) is 0.667. The Balaban J connectivity index is 2.65. The van der Waals surface area contributed by atoms with Crippen molar-refractivity contribution in [3.8, 4) is 0 Å². The summed E-state index contributed by atoms with van der Waals surface area (Å²) in [4.78, 5) is 11.0. The van der Waals surface area contributed by atoms with Crippen LogP contribution in [0.5, 0.6) is 0 Å². The van der Waals surface area contributed by atoms with Crippen LogP contribution in [0.2, 0.25) is 0 Å². The molecule has 1 heterocycles. The van der Waals surface area contributed by atoms with E-state index in [4.69, 9.17) is 0 Å². The topological polar surface area (TPSA) is 41.1 Å². The van der Waals surface area contributed by atoms with Gasteiger partial charge in [-0.15, -0.1) is 0 Å². The van der Waals surface area contributed by atoms with Gasteiger partial charge < -0.3 is 10.2 Å². The van der Waals surface area contributed by atoms with Gasteiger partial charge in [0.25, 0.3) is 0 Å².